The smallest absolute Gasteiger partial charge is 0.244 e. The molecule has 4 bridgehead atoms. The Morgan fingerprint density at radius 1 is 0.943 bits per heavy atom. The highest BCUT2D eigenvalue weighted by Crippen LogP contribution is 2.62. The summed E-state index contributed by atoms with van der Waals surface area (Å²) in [6.07, 6.45) is 8.40. The summed E-state index contributed by atoms with van der Waals surface area (Å²) in [4.78, 5) is 2.49. The lowest BCUT2D eigenvalue weighted by Gasteiger charge is -2.60. The first-order valence-corrected chi connectivity index (χ1v) is 14.1. The Morgan fingerprint density at radius 3 is 2.23 bits per heavy atom. The van der Waals surface area contributed by atoms with Crippen LogP contribution in [0.25, 0.3) is 0 Å². The molecule has 1 heterocycles. The minimum Gasteiger partial charge on any atom is -0.392 e. The molecule has 3 heteroatoms. The van der Waals surface area contributed by atoms with E-state index in [1.165, 1.54) is 65.7 Å². The Morgan fingerprint density at radius 2 is 1.60 bits per heavy atom. The molecule has 2 aromatic rings. The van der Waals surface area contributed by atoms with Crippen LogP contribution in [0.1, 0.15) is 93.9 Å². The van der Waals surface area contributed by atoms with Crippen LogP contribution in [-0.4, -0.2) is 35.2 Å². The predicted octanol–water partition coefficient (Wildman–Crippen LogP) is 6.87. The van der Waals surface area contributed by atoms with Crippen LogP contribution in [-0.2, 0) is 5.41 Å². The standard InChI is InChI=1S/C32H43N2O/c1-20(2)26-7-6-8-27(21(3)4)30(26)34-12-11-33(19-34)29-13-22(5)9-10-28(29)32-17-23-14-24(18-32)16-25(15-23)31(32)35/h6-10,13,19-21,23-25,31,35H,11-12,14-18H2,1-5H3/q+1. The highest BCUT2D eigenvalue weighted by molar-refractivity contribution is 5.81. The second-order valence-corrected chi connectivity index (χ2v) is 12.8. The molecule has 0 spiro atoms. The molecule has 1 N–H and O–H groups in total. The first kappa shape index (κ1) is 23.3. The molecule has 7 rings (SSSR count). The molecule has 0 amide bonds. The van der Waals surface area contributed by atoms with Crippen molar-refractivity contribution >= 4 is 17.7 Å². The van der Waals surface area contributed by atoms with Crippen molar-refractivity contribution in [2.45, 2.75) is 90.1 Å². The third-order valence-electron chi connectivity index (χ3n) is 9.75. The molecule has 35 heavy (non-hydrogen) atoms. The van der Waals surface area contributed by atoms with Crippen molar-refractivity contribution in [2.75, 3.05) is 18.0 Å². The van der Waals surface area contributed by atoms with E-state index in [4.69, 9.17) is 0 Å². The third-order valence-corrected chi connectivity index (χ3v) is 9.75. The summed E-state index contributed by atoms with van der Waals surface area (Å²) >= 11 is 0. The van der Waals surface area contributed by atoms with Gasteiger partial charge in [-0.2, -0.15) is 0 Å². The van der Waals surface area contributed by atoms with E-state index in [1.807, 2.05) is 0 Å². The van der Waals surface area contributed by atoms with Crippen LogP contribution in [0.3, 0.4) is 0 Å². The molecule has 1 aliphatic heterocycles. The Balaban J connectivity index is 1.44. The number of aryl methyl sites for hydroxylation is 1. The van der Waals surface area contributed by atoms with Gasteiger partial charge in [-0.1, -0.05) is 58.0 Å². The zero-order valence-electron chi connectivity index (χ0n) is 22.3. The Bertz CT molecular complexity index is 1120. The zero-order chi connectivity index (χ0) is 24.5. The Kier molecular flexibility index (Phi) is 5.64. The van der Waals surface area contributed by atoms with Gasteiger partial charge in [0.05, 0.1) is 6.10 Å². The lowest BCUT2D eigenvalue weighted by molar-refractivity contribution is -0.425. The minimum absolute atomic E-state index is 0.0576. The summed E-state index contributed by atoms with van der Waals surface area (Å²) in [5, 5.41) is 11.7. The van der Waals surface area contributed by atoms with E-state index < -0.39 is 0 Å². The maximum Gasteiger partial charge on any atom is 0.244 e. The van der Waals surface area contributed by atoms with Gasteiger partial charge in [-0.05, 0) is 80.2 Å². The molecule has 0 saturated heterocycles. The second-order valence-electron chi connectivity index (χ2n) is 12.8. The lowest BCUT2D eigenvalue weighted by atomic mass is 9.46. The molecular weight excluding hydrogens is 428 g/mol. The van der Waals surface area contributed by atoms with Crippen molar-refractivity contribution in [2.24, 2.45) is 17.8 Å². The average Bonchev–Trinajstić information content (AvgIpc) is 3.31. The van der Waals surface area contributed by atoms with Gasteiger partial charge >= 0.3 is 0 Å². The maximum absolute atomic E-state index is 11.7. The van der Waals surface area contributed by atoms with E-state index in [-0.39, 0.29) is 11.5 Å². The van der Waals surface area contributed by atoms with Crippen LogP contribution in [0.15, 0.2) is 36.4 Å². The number of anilines is 1. The van der Waals surface area contributed by atoms with E-state index in [2.05, 4.69) is 86.8 Å². The van der Waals surface area contributed by atoms with Crippen molar-refractivity contribution in [3.63, 3.8) is 0 Å². The van der Waals surface area contributed by atoms with Crippen LogP contribution < -0.4 is 4.90 Å². The predicted molar refractivity (Wildman–Crippen MR) is 145 cm³/mol. The molecular formula is C32H43N2O+. The lowest BCUT2D eigenvalue weighted by Crippen LogP contribution is -2.58. The van der Waals surface area contributed by atoms with Gasteiger partial charge in [0.1, 0.15) is 24.5 Å². The van der Waals surface area contributed by atoms with Gasteiger partial charge in [0.25, 0.3) is 0 Å². The zero-order valence-corrected chi connectivity index (χ0v) is 22.3. The molecule has 0 aromatic heterocycles. The average molecular weight is 472 g/mol. The topological polar surface area (TPSA) is 26.5 Å². The number of rotatable bonds is 5. The fraction of sp³-hybridized carbons (Fsp3) is 0.594. The van der Waals surface area contributed by atoms with Gasteiger partial charge in [-0.25, -0.2) is 9.48 Å². The van der Waals surface area contributed by atoms with Crippen LogP contribution in [0.4, 0.5) is 11.4 Å². The number of benzene rings is 2. The molecule has 186 valence electrons. The fourth-order valence-corrected chi connectivity index (χ4v) is 8.39. The van der Waals surface area contributed by atoms with Crippen LogP contribution in [0.5, 0.6) is 0 Å². The fourth-order valence-electron chi connectivity index (χ4n) is 8.39. The summed E-state index contributed by atoms with van der Waals surface area (Å²) in [5.41, 5.74) is 8.28. The van der Waals surface area contributed by atoms with E-state index in [0.717, 1.165) is 24.9 Å². The molecule has 4 aliphatic carbocycles. The molecule has 3 atom stereocenters. The van der Waals surface area contributed by atoms with Crippen LogP contribution >= 0.6 is 0 Å². The highest BCUT2D eigenvalue weighted by atomic mass is 16.3. The van der Waals surface area contributed by atoms with Crippen molar-refractivity contribution in [1.29, 1.82) is 0 Å². The third kappa shape index (κ3) is 3.68. The first-order chi connectivity index (χ1) is 16.8. The van der Waals surface area contributed by atoms with E-state index in [1.54, 1.807) is 0 Å². The molecule has 5 aliphatic rings. The Hall–Kier alpha value is -2.13. The van der Waals surface area contributed by atoms with Crippen molar-refractivity contribution in [3.05, 3.63) is 58.7 Å². The van der Waals surface area contributed by atoms with E-state index in [9.17, 15) is 5.11 Å². The normalized spacial score (nSPS) is 31.7. The summed E-state index contributed by atoms with van der Waals surface area (Å²) in [5.74, 6) is 3.08. The number of para-hydroxylation sites is 1. The second kappa shape index (κ2) is 8.47. The molecule has 3 nitrogen and oxygen atoms in total. The van der Waals surface area contributed by atoms with Gasteiger partial charge < -0.3 is 5.11 Å². The number of nitrogens with zero attached hydrogens (tertiary/aromatic N) is 2. The Labute approximate surface area is 211 Å². The number of hydrogen-bond acceptors (Lipinski definition) is 2. The van der Waals surface area contributed by atoms with Crippen molar-refractivity contribution < 1.29 is 9.68 Å². The van der Waals surface area contributed by atoms with Gasteiger partial charge in [-0.3, -0.25) is 0 Å². The van der Waals surface area contributed by atoms with E-state index in [0.29, 0.717) is 17.8 Å². The van der Waals surface area contributed by atoms with Gasteiger partial charge in [0, 0.05) is 22.1 Å². The minimum atomic E-state index is -0.190. The molecule has 3 unspecified atom stereocenters. The van der Waals surface area contributed by atoms with E-state index >= 15 is 0 Å². The van der Waals surface area contributed by atoms with Gasteiger partial charge in [0.2, 0.25) is 6.34 Å². The van der Waals surface area contributed by atoms with Gasteiger partial charge in [0.15, 0.2) is 0 Å². The van der Waals surface area contributed by atoms with Crippen molar-refractivity contribution in [1.82, 2.24) is 0 Å². The largest absolute Gasteiger partial charge is 0.392 e. The SMILES string of the molecule is Cc1ccc(C23CC4CC(CC(C4)C2O)C3)c(N2C=[N+](c3c(C(C)C)cccc3C(C)C)CC2)c1. The van der Waals surface area contributed by atoms with Gasteiger partial charge in [-0.15, -0.1) is 0 Å². The summed E-state index contributed by atoms with van der Waals surface area (Å²) < 4.78 is 2.51. The monoisotopic (exact) mass is 471 g/mol. The highest BCUT2D eigenvalue weighted by Gasteiger charge is 2.58. The van der Waals surface area contributed by atoms with Crippen LogP contribution in [0, 0.1) is 24.7 Å². The summed E-state index contributed by atoms with van der Waals surface area (Å²) in [6.45, 7) is 13.4. The molecule has 0 radical (unpaired) electrons. The van der Waals surface area contributed by atoms with Crippen molar-refractivity contribution in [3.8, 4) is 0 Å². The summed E-state index contributed by atoms with van der Waals surface area (Å²) in [7, 11) is 0. The number of aliphatic hydroxyl groups is 1. The number of aliphatic hydroxyl groups excluding tert-OH is 1. The molecule has 4 fully saturated rings. The number of hydrogen-bond donors (Lipinski definition) is 1. The molecule has 2 aromatic carbocycles. The van der Waals surface area contributed by atoms with Crippen LogP contribution in [0.2, 0.25) is 0 Å². The molecule has 4 saturated carbocycles. The quantitative estimate of drug-likeness (QED) is 0.482. The first-order valence-electron chi connectivity index (χ1n) is 14.1. The maximum atomic E-state index is 11.7. The summed E-state index contributed by atoms with van der Waals surface area (Å²) in [6, 6.07) is 13.9.